The van der Waals surface area contributed by atoms with Crippen LogP contribution in [0, 0.1) is 6.92 Å². The Morgan fingerprint density at radius 3 is 2.48 bits per heavy atom. The number of nitrogens with one attached hydrogen (secondary N) is 1. The number of carbonyl (C=O) groups excluding carboxylic acids is 1. The first-order valence-corrected chi connectivity index (χ1v) is 8.86. The second-order valence-corrected chi connectivity index (χ2v) is 6.17. The van der Waals surface area contributed by atoms with Gasteiger partial charge in [0.05, 0.1) is 19.0 Å². The lowest BCUT2D eigenvalue weighted by molar-refractivity contribution is 0.102. The number of anilines is 3. The van der Waals surface area contributed by atoms with Crippen LogP contribution in [-0.4, -0.2) is 24.5 Å². The molecule has 3 aromatic rings. The molecule has 1 aromatic heterocycles. The molecule has 0 bridgehead atoms. The van der Waals surface area contributed by atoms with Crippen LogP contribution in [0.4, 0.5) is 17.2 Å². The first-order valence-electron chi connectivity index (χ1n) is 8.86. The number of rotatable bonds is 6. The average Bonchev–Trinajstić information content (AvgIpc) is 2.70. The molecule has 2 aromatic carbocycles. The lowest BCUT2D eigenvalue weighted by atomic mass is 10.2. The molecule has 0 spiro atoms. The van der Waals surface area contributed by atoms with Crippen molar-refractivity contribution < 1.29 is 9.53 Å². The highest BCUT2D eigenvalue weighted by Gasteiger charge is 2.10. The van der Waals surface area contributed by atoms with Crippen molar-refractivity contribution in [1.82, 2.24) is 4.98 Å². The molecule has 138 valence electrons. The highest BCUT2D eigenvalue weighted by molar-refractivity contribution is 6.04. The van der Waals surface area contributed by atoms with Gasteiger partial charge in [-0.3, -0.25) is 4.79 Å². The summed E-state index contributed by atoms with van der Waals surface area (Å²) >= 11 is 0. The summed E-state index contributed by atoms with van der Waals surface area (Å²) in [5.74, 6) is 1.37. The van der Waals surface area contributed by atoms with Gasteiger partial charge in [0.25, 0.3) is 5.91 Å². The molecule has 0 saturated carbocycles. The van der Waals surface area contributed by atoms with E-state index in [1.54, 1.807) is 37.6 Å². The van der Waals surface area contributed by atoms with Crippen molar-refractivity contribution in [2.75, 3.05) is 23.9 Å². The van der Waals surface area contributed by atoms with E-state index < -0.39 is 0 Å². The molecule has 0 aliphatic carbocycles. The van der Waals surface area contributed by atoms with E-state index in [0.29, 0.717) is 17.0 Å². The fraction of sp³-hybridized carbons (Fsp3) is 0.182. The Kier molecular flexibility index (Phi) is 5.71. The highest BCUT2D eigenvalue weighted by Crippen LogP contribution is 2.25. The van der Waals surface area contributed by atoms with Gasteiger partial charge in [-0.1, -0.05) is 12.1 Å². The second kappa shape index (κ2) is 8.36. The molecule has 0 saturated heterocycles. The molecule has 27 heavy (non-hydrogen) atoms. The third-order valence-corrected chi connectivity index (χ3v) is 4.26. The predicted molar refractivity (Wildman–Crippen MR) is 109 cm³/mol. The minimum Gasteiger partial charge on any atom is -0.497 e. The van der Waals surface area contributed by atoms with E-state index in [-0.39, 0.29) is 5.91 Å². The number of aromatic nitrogens is 1. The number of amides is 1. The fourth-order valence-corrected chi connectivity index (χ4v) is 2.84. The summed E-state index contributed by atoms with van der Waals surface area (Å²) < 4.78 is 5.11. The van der Waals surface area contributed by atoms with Crippen molar-refractivity contribution in [2.45, 2.75) is 13.8 Å². The zero-order valence-corrected chi connectivity index (χ0v) is 15.8. The quantitative estimate of drug-likeness (QED) is 0.685. The van der Waals surface area contributed by atoms with E-state index in [2.05, 4.69) is 47.2 Å². The molecular weight excluding hydrogens is 338 g/mol. The van der Waals surface area contributed by atoms with Gasteiger partial charge in [0.15, 0.2) is 0 Å². The van der Waals surface area contributed by atoms with Crippen molar-refractivity contribution in [3.8, 4) is 5.75 Å². The van der Waals surface area contributed by atoms with Gasteiger partial charge < -0.3 is 15.0 Å². The number of ether oxygens (including phenoxy) is 1. The lowest BCUT2D eigenvalue weighted by Gasteiger charge is -2.22. The Bertz CT molecular complexity index is 906. The van der Waals surface area contributed by atoms with Crippen LogP contribution in [0.3, 0.4) is 0 Å². The van der Waals surface area contributed by atoms with Gasteiger partial charge in [0.2, 0.25) is 0 Å². The number of methoxy groups -OCH3 is 1. The monoisotopic (exact) mass is 361 g/mol. The van der Waals surface area contributed by atoms with Crippen LogP contribution in [0.25, 0.3) is 0 Å². The summed E-state index contributed by atoms with van der Waals surface area (Å²) in [4.78, 5) is 19.0. The van der Waals surface area contributed by atoms with Gasteiger partial charge in [0.1, 0.15) is 11.6 Å². The summed E-state index contributed by atoms with van der Waals surface area (Å²) in [7, 11) is 1.60. The van der Waals surface area contributed by atoms with Crippen molar-refractivity contribution in [1.29, 1.82) is 0 Å². The van der Waals surface area contributed by atoms with E-state index in [9.17, 15) is 4.79 Å². The molecule has 5 nitrogen and oxygen atoms in total. The fourth-order valence-electron chi connectivity index (χ4n) is 2.84. The molecule has 5 heteroatoms. The van der Waals surface area contributed by atoms with Crippen LogP contribution in [0.2, 0.25) is 0 Å². The maximum absolute atomic E-state index is 12.4. The van der Waals surface area contributed by atoms with E-state index in [0.717, 1.165) is 18.1 Å². The number of aryl methyl sites for hydroxylation is 1. The second-order valence-electron chi connectivity index (χ2n) is 6.17. The predicted octanol–water partition coefficient (Wildman–Crippen LogP) is 4.81. The van der Waals surface area contributed by atoms with Gasteiger partial charge in [-0.25, -0.2) is 4.98 Å². The number of nitrogens with zero attached hydrogens (tertiary/aromatic N) is 2. The van der Waals surface area contributed by atoms with E-state index in [1.807, 2.05) is 18.2 Å². The van der Waals surface area contributed by atoms with E-state index in [1.165, 1.54) is 5.56 Å². The van der Waals surface area contributed by atoms with Crippen molar-refractivity contribution in [3.05, 3.63) is 78.0 Å². The summed E-state index contributed by atoms with van der Waals surface area (Å²) in [6.45, 7) is 4.96. The smallest absolute Gasteiger partial charge is 0.255 e. The van der Waals surface area contributed by atoms with Gasteiger partial charge in [-0.2, -0.15) is 0 Å². The Hall–Kier alpha value is -3.34. The summed E-state index contributed by atoms with van der Waals surface area (Å²) in [5, 5.41) is 2.87. The van der Waals surface area contributed by atoms with Gasteiger partial charge in [-0.15, -0.1) is 0 Å². The van der Waals surface area contributed by atoms with Crippen LogP contribution in [-0.2, 0) is 0 Å². The Balaban J connectivity index is 1.73. The maximum atomic E-state index is 12.4. The normalized spacial score (nSPS) is 10.3. The maximum Gasteiger partial charge on any atom is 0.255 e. The largest absolute Gasteiger partial charge is 0.497 e. The Morgan fingerprint density at radius 1 is 1.11 bits per heavy atom. The molecule has 1 heterocycles. The zero-order chi connectivity index (χ0) is 19.2. The lowest BCUT2D eigenvalue weighted by Crippen LogP contribution is -2.18. The number of hydrogen-bond donors (Lipinski definition) is 1. The third kappa shape index (κ3) is 4.44. The van der Waals surface area contributed by atoms with Crippen molar-refractivity contribution in [3.63, 3.8) is 0 Å². The van der Waals surface area contributed by atoms with E-state index in [4.69, 9.17) is 4.74 Å². The molecule has 0 atom stereocenters. The molecular formula is C22H23N3O2. The standard InChI is InChI=1S/C22H23N3O2/c1-4-25(19-7-5-6-16(2)14-19)21-13-10-18(15-23-21)24-22(26)17-8-11-20(27-3)12-9-17/h5-15H,4H2,1-3H3,(H,24,26). The molecule has 0 radical (unpaired) electrons. The number of pyridine rings is 1. The van der Waals surface area contributed by atoms with Gasteiger partial charge >= 0.3 is 0 Å². The van der Waals surface area contributed by atoms with Crippen molar-refractivity contribution >= 4 is 23.1 Å². The average molecular weight is 361 g/mol. The van der Waals surface area contributed by atoms with Crippen LogP contribution in [0.5, 0.6) is 5.75 Å². The SMILES string of the molecule is CCN(c1cccc(C)c1)c1ccc(NC(=O)c2ccc(OC)cc2)cn1. The number of benzene rings is 2. The molecule has 0 aliphatic rings. The highest BCUT2D eigenvalue weighted by atomic mass is 16.5. The molecule has 0 aliphatic heterocycles. The van der Waals surface area contributed by atoms with Crippen LogP contribution >= 0.6 is 0 Å². The van der Waals surface area contributed by atoms with Crippen LogP contribution in [0.1, 0.15) is 22.8 Å². The van der Waals surface area contributed by atoms with Crippen LogP contribution in [0.15, 0.2) is 66.9 Å². The van der Waals surface area contributed by atoms with E-state index >= 15 is 0 Å². The molecule has 1 amide bonds. The summed E-state index contributed by atoms with van der Waals surface area (Å²) in [6.07, 6.45) is 1.68. The minimum atomic E-state index is -0.182. The van der Waals surface area contributed by atoms with Crippen LogP contribution < -0.4 is 15.0 Å². The first kappa shape index (κ1) is 18.5. The number of hydrogen-bond acceptors (Lipinski definition) is 4. The van der Waals surface area contributed by atoms with Gasteiger partial charge in [0, 0.05) is 17.8 Å². The summed E-state index contributed by atoms with van der Waals surface area (Å²) in [6, 6.07) is 19.1. The van der Waals surface area contributed by atoms with Crippen molar-refractivity contribution in [2.24, 2.45) is 0 Å². The molecule has 1 N–H and O–H groups in total. The topological polar surface area (TPSA) is 54.5 Å². The molecule has 0 fully saturated rings. The molecule has 0 unspecified atom stereocenters. The van der Waals surface area contributed by atoms with Gasteiger partial charge in [-0.05, 0) is 67.9 Å². The minimum absolute atomic E-state index is 0.182. The zero-order valence-electron chi connectivity index (χ0n) is 15.8. The third-order valence-electron chi connectivity index (χ3n) is 4.26. The Labute approximate surface area is 159 Å². The molecule has 3 rings (SSSR count). The summed E-state index contributed by atoms with van der Waals surface area (Å²) in [5.41, 5.74) is 3.52. The Morgan fingerprint density at radius 2 is 1.89 bits per heavy atom. The first-order chi connectivity index (χ1) is 13.1. The number of carbonyl (C=O) groups is 1.